The topological polar surface area (TPSA) is 23.8 Å². The van der Waals surface area contributed by atoms with Crippen LogP contribution in [0.2, 0.25) is 13.1 Å². The molecule has 0 fully saturated rings. The van der Waals surface area contributed by atoms with Gasteiger partial charge in [0.15, 0.2) is 0 Å². The summed E-state index contributed by atoms with van der Waals surface area (Å²) >= 11 is 0. The third-order valence-electron chi connectivity index (χ3n) is 2.84. The number of rotatable bonds is 1. The molecule has 1 radical (unpaired) electrons. The molecule has 0 aliphatic heterocycles. The molecule has 0 aromatic heterocycles. The number of hydrogen-bond donors (Lipinski definition) is 0. The van der Waals surface area contributed by atoms with E-state index in [1.165, 1.54) is 27.1 Å². The van der Waals surface area contributed by atoms with E-state index >= 15 is 0 Å². The summed E-state index contributed by atoms with van der Waals surface area (Å²) < 4.78 is 0. The first kappa shape index (κ1) is 28.0. The molecule has 1 aromatic carbocycles. The zero-order valence-corrected chi connectivity index (χ0v) is 20.7. The fourth-order valence-electron chi connectivity index (χ4n) is 2.04. The summed E-state index contributed by atoms with van der Waals surface area (Å²) in [5.41, 5.74) is 10.5. The first-order valence-electron chi connectivity index (χ1n) is 9.03. The van der Waals surface area contributed by atoms with Crippen LogP contribution in [0.4, 0.5) is 0 Å². The number of nitrogens with one attached hydrogen (secondary N) is 1. The SMILES string of the molecule is C=C/C=C/C.CC(C)(C)[NH-].CC1=Cc2cc3c(cc2=[C-]1)C=CC=3.C[SiH]C.[Ti+2]. The summed E-state index contributed by atoms with van der Waals surface area (Å²) in [6.45, 7) is 17.5. The second-order valence-electron chi connectivity index (χ2n) is 7.14. The molecule has 0 heterocycles. The molecule has 1 N–H and O–H groups in total. The number of allylic oxidation sites excluding steroid dienone is 5. The fourth-order valence-corrected chi connectivity index (χ4v) is 2.04. The predicted octanol–water partition coefficient (Wildman–Crippen LogP) is 5.67. The molecule has 2 aliphatic rings. The van der Waals surface area contributed by atoms with Crippen LogP contribution in [0.3, 0.4) is 0 Å². The predicted molar refractivity (Wildman–Crippen MR) is 124 cm³/mol. The van der Waals surface area contributed by atoms with Gasteiger partial charge in [-0.15, -0.1) is 28.8 Å². The monoisotopic (exact) mass is 412 g/mol. The second kappa shape index (κ2) is 14.8. The van der Waals surface area contributed by atoms with Gasteiger partial charge >= 0.3 is 21.7 Å². The van der Waals surface area contributed by atoms with Crippen molar-refractivity contribution < 1.29 is 21.7 Å². The van der Waals surface area contributed by atoms with Crippen molar-refractivity contribution in [1.29, 1.82) is 0 Å². The van der Waals surface area contributed by atoms with E-state index in [2.05, 4.69) is 69.1 Å². The summed E-state index contributed by atoms with van der Waals surface area (Å²) in [4.78, 5) is 0. The van der Waals surface area contributed by atoms with Gasteiger partial charge in [0, 0.05) is 9.52 Å². The van der Waals surface area contributed by atoms with Crippen LogP contribution in [0, 0.1) is 0 Å². The van der Waals surface area contributed by atoms with Gasteiger partial charge in [-0.2, -0.15) is 11.3 Å². The second-order valence-corrected chi connectivity index (χ2v) is 8.29. The van der Waals surface area contributed by atoms with Gasteiger partial charge < -0.3 is 5.73 Å². The van der Waals surface area contributed by atoms with E-state index in [4.69, 9.17) is 5.73 Å². The Kier molecular flexibility index (Phi) is 15.4. The van der Waals surface area contributed by atoms with Crippen LogP contribution in [-0.2, 0) is 21.7 Å². The average Bonchev–Trinajstić information content (AvgIpc) is 3.09. The van der Waals surface area contributed by atoms with Crippen molar-refractivity contribution in [1.82, 2.24) is 0 Å². The molecule has 0 atom stereocenters. The van der Waals surface area contributed by atoms with Crippen molar-refractivity contribution in [2.24, 2.45) is 0 Å². The van der Waals surface area contributed by atoms with Gasteiger partial charge in [0.1, 0.15) is 0 Å². The van der Waals surface area contributed by atoms with Crippen molar-refractivity contribution in [2.75, 3.05) is 0 Å². The Bertz CT molecular complexity index is 772. The molecule has 0 bridgehead atoms. The Morgan fingerprint density at radius 3 is 2.15 bits per heavy atom. The van der Waals surface area contributed by atoms with Crippen LogP contribution in [0.1, 0.15) is 45.7 Å². The van der Waals surface area contributed by atoms with Gasteiger partial charge in [-0.1, -0.05) is 95.5 Å². The molecule has 3 rings (SSSR count). The van der Waals surface area contributed by atoms with E-state index in [0.717, 1.165) is 9.52 Å². The van der Waals surface area contributed by atoms with E-state index in [1.807, 2.05) is 39.8 Å². The van der Waals surface area contributed by atoms with Crippen molar-refractivity contribution in [2.45, 2.75) is 53.3 Å². The largest absolute Gasteiger partial charge is 2.00 e. The molecule has 3 heteroatoms. The Hall–Kier alpha value is -1.19. The zero-order valence-electron chi connectivity index (χ0n) is 18.0. The van der Waals surface area contributed by atoms with E-state index in [1.54, 1.807) is 6.08 Å². The first-order valence-corrected chi connectivity index (χ1v) is 11.3. The van der Waals surface area contributed by atoms with Gasteiger partial charge in [-0.05, 0) is 12.1 Å². The van der Waals surface area contributed by atoms with Crippen LogP contribution in [0.15, 0.2) is 48.6 Å². The average molecular weight is 412 g/mol. The van der Waals surface area contributed by atoms with E-state index < -0.39 is 0 Å². The minimum absolute atomic E-state index is 0. The van der Waals surface area contributed by atoms with Gasteiger partial charge in [0.05, 0.1) is 0 Å². The van der Waals surface area contributed by atoms with Crippen LogP contribution in [0.25, 0.3) is 30.0 Å². The number of fused-ring (bicyclic) bond motifs is 2. The molecule has 1 aromatic rings. The van der Waals surface area contributed by atoms with Gasteiger partial charge in [0.25, 0.3) is 0 Å². The van der Waals surface area contributed by atoms with E-state index in [0.29, 0.717) is 0 Å². The summed E-state index contributed by atoms with van der Waals surface area (Å²) in [6.07, 6.45) is 17.5. The normalized spacial score (nSPS) is 12.2. The van der Waals surface area contributed by atoms with Gasteiger partial charge in [-0.3, -0.25) is 0 Å². The smallest absolute Gasteiger partial charge is 0.673 e. The summed E-state index contributed by atoms with van der Waals surface area (Å²) in [5.74, 6) is 0. The van der Waals surface area contributed by atoms with Crippen molar-refractivity contribution in [3.05, 3.63) is 75.9 Å². The Balaban J connectivity index is 0. The minimum atomic E-state index is -0.250. The maximum absolute atomic E-state index is 6.94. The molecule has 27 heavy (non-hydrogen) atoms. The van der Waals surface area contributed by atoms with Crippen molar-refractivity contribution in [3.8, 4) is 0 Å². The molecule has 0 amide bonds. The summed E-state index contributed by atoms with van der Waals surface area (Å²) in [7, 11) is 0.750. The standard InChI is InChI=1S/C13H9.C5H8.C4H10N.C2H7Si.Ti/c1-9-5-12-7-10-3-2-4-11(10)8-13(12)6-9;1-3-5-4-2;1-4(2,3)5;1-3-2;/h2-5,7-8H,1H3;3-5H,1H2,2H3;5H,1-3H3;3H,1-2H3;/q-1;;-1;;+2/b;5-4+;;;. The van der Waals surface area contributed by atoms with Crippen molar-refractivity contribution >= 4 is 33.8 Å². The first-order chi connectivity index (χ1) is 12.2. The van der Waals surface area contributed by atoms with E-state index in [9.17, 15) is 0 Å². The molecule has 0 saturated carbocycles. The van der Waals surface area contributed by atoms with Gasteiger partial charge in [-0.25, -0.2) is 0 Å². The summed E-state index contributed by atoms with van der Waals surface area (Å²) in [6, 6.07) is 4.44. The molecular weight excluding hydrogens is 378 g/mol. The number of hydrogen-bond acceptors (Lipinski definition) is 0. The molecule has 0 spiro atoms. The minimum Gasteiger partial charge on any atom is -0.673 e. The van der Waals surface area contributed by atoms with Crippen molar-refractivity contribution in [3.63, 3.8) is 0 Å². The van der Waals surface area contributed by atoms with Gasteiger partial charge in [0.2, 0.25) is 0 Å². The molecule has 143 valence electrons. The Labute approximate surface area is 184 Å². The molecule has 2 aliphatic carbocycles. The zero-order chi connectivity index (χ0) is 20.2. The maximum atomic E-state index is 6.94. The molecular formula is C24H34NSiTi. The Morgan fingerprint density at radius 2 is 1.70 bits per heavy atom. The molecule has 0 unspecified atom stereocenters. The van der Waals surface area contributed by atoms with Crippen LogP contribution in [0.5, 0.6) is 0 Å². The molecule has 1 nitrogen and oxygen atoms in total. The number of benzene rings is 1. The Morgan fingerprint density at radius 1 is 1.15 bits per heavy atom. The fraction of sp³-hybridized carbons (Fsp3) is 0.333. The van der Waals surface area contributed by atoms with E-state index in [-0.39, 0.29) is 27.3 Å². The third-order valence-corrected chi connectivity index (χ3v) is 2.84. The van der Waals surface area contributed by atoms with Crippen LogP contribution < -0.4 is 10.4 Å². The molecule has 0 saturated heterocycles. The van der Waals surface area contributed by atoms with Crippen LogP contribution in [-0.4, -0.2) is 15.1 Å². The quantitative estimate of drug-likeness (QED) is 0.322. The third kappa shape index (κ3) is 13.6. The maximum Gasteiger partial charge on any atom is 2.00 e. The summed E-state index contributed by atoms with van der Waals surface area (Å²) in [5, 5.41) is 2.56. The van der Waals surface area contributed by atoms with Crippen LogP contribution >= 0.6 is 0 Å².